The monoisotopic (exact) mass is 358 g/mol. The zero-order valence-electron chi connectivity index (χ0n) is 14.0. The molecule has 0 N–H and O–H groups in total. The van der Waals surface area contributed by atoms with E-state index in [0.717, 1.165) is 4.90 Å². The highest BCUT2D eigenvalue weighted by molar-refractivity contribution is 6.05. The van der Waals surface area contributed by atoms with Gasteiger partial charge >= 0.3 is 5.97 Å². The number of ether oxygens (including phenoxy) is 1. The summed E-state index contributed by atoms with van der Waals surface area (Å²) in [6.07, 6.45) is 4.88. The first kappa shape index (κ1) is 17.8. The van der Waals surface area contributed by atoms with E-state index in [-0.39, 0.29) is 48.9 Å². The van der Waals surface area contributed by atoms with Gasteiger partial charge in [0.05, 0.1) is 23.2 Å². The van der Waals surface area contributed by atoms with E-state index in [2.05, 4.69) is 0 Å². The van der Waals surface area contributed by atoms with Gasteiger partial charge in [0.25, 0.3) is 5.69 Å². The van der Waals surface area contributed by atoms with Gasteiger partial charge < -0.3 is 4.74 Å². The molecule has 3 rings (SSSR count). The molecule has 1 aromatic rings. The van der Waals surface area contributed by atoms with Crippen LogP contribution in [-0.4, -0.2) is 34.2 Å². The minimum atomic E-state index is -0.531. The van der Waals surface area contributed by atoms with Crippen LogP contribution in [0.25, 0.3) is 0 Å². The quantitative estimate of drug-likeness (QED) is 0.253. The molecule has 136 valence electrons. The third kappa shape index (κ3) is 3.63. The minimum absolute atomic E-state index is 0.0176. The molecule has 1 heterocycles. The molecule has 26 heavy (non-hydrogen) atoms. The number of imide groups is 1. The molecule has 1 saturated heterocycles. The fourth-order valence-electron chi connectivity index (χ4n) is 3.24. The lowest BCUT2D eigenvalue weighted by atomic mass is 9.85. The number of fused-ring (bicyclic) bond motifs is 1. The second kappa shape index (κ2) is 7.47. The molecule has 1 fully saturated rings. The zero-order valence-corrected chi connectivity index (χ0v) is 14.0. The Labute approximate surface area is 149 Å². The first-order chi connectivity index (χ1) is 12.5. The van der Waals surface area contributed by atoms with Gasteiger partial charge in [-0.3, -0.25) is 29.4 Å². The molecule has 2 atom stereocenters. The summed E-state index contributed by atoms with van der Waals surface area (Å²) in [4.78, 5) is 47.7. The lowest BCUT2D eigenvalue weighted by Gasteiger charge is -2.14. The molecule has 0 bridgehead atoms. The molecule has 0 radical (unpaired) electrons. The molecule has 2 amide bonds. The van der Waals surface area contributed by atoms with Crippen LogP contribution in [0.4, 0.5) is 5.69 Å². The SMILES string of the molecule is O=C(CCN1C(=O)[C@@H]2CC=CC[C@H]2C1=O)OCc1ccc([N+](=O)[O-])cc1. The number of amides is 2. The normalized spacial score (nSPS) is 21.6. The van der Waals surface area contributed by atoms with Crippen molar-refractivity contribution in [2.75, 3.05) is 6.54 Å². The summed E-state index contributed by atoms with van der Waals surface area (Å²) in [5.41, 5.74) is 0.580. The molecular formula is C18H18N2O6. The number of non-ortho nitro benzene ring substituents is 1. The third-order valence-corrected chi connectivity index (χ3v) is 4.69. The molecule has 0 spiro atoms. The number of carbonyl (C=O) groups is 3. The number of esters is 1. The van der Waals surface area contributed by atoms with Crippen molar-refractivity contribution in [2.24, 2.45) is 11.8 Å². The maximum Gasteiger partial charge on any atom is 0.307 e. The number of rotatable bonds is 6. The molecule has 0 unspecified atom stereocenters. The Bertz CT molecular complexity index is 744. The van der Waals surface area contributed by atoms with Crippen molar-refractivity contribution in [2.45, 2.75) is 25.9 Å². The maximum absolute atomic E-state index is 12.3. The lowest BCUT2D eigenvalue weighted by molar-refractivity contribution is -0.384. The molecule has 8 nitrogen and oxygen atoms in total. The van der Waals surface area contributed by atoms with E-state index >= 15 is 0 Å². The molecule has 0 saturated carbocycles. The molecule has 1 aliphatic heterocycles. The second-order valence-electron chi connectivity index (χ2n) is 6.32. The summed E-state index contributed by atoms with van der Waals surface area (Å²) in [5, 5.41) is 10.6. The Morgan fingerprint density at radius 1 is 1.12 bits per heavy atom. The number of nitrogens with zero attached hydrogens (tertiary/aromatic N) is 2. The highest BCUT2D eigenvalue weighted by Crippen LogP contribution is 2.35. The molecule has 1 aliphatic carbocycles. The fraction of sp³-hybridized carbons (Fsp3) is 0.389. The summed E-state index contributed by atoms with van der Waals surface area (Å²) >= 11 is 0. The second-order valence-corrected chi connectivity index (χ2v) is 6.32. The summed E-state index contributed by atoms with van der Waals surface area (Å²) in [6.45, 7) is -0.00233. The van der Waals surface area contributed by atoms with Gasteiger partial charge in [-0.05, 0) is 30.5 Å². The minimum Gasteiger partial charge on any atom is -0.461 e. The Morgan fingerprint density at radius 3 is 2.23 bits per heavy atom. The van der Waals surface area contributed by atoms with E-state index in [9.17, 15) is 24.5 Å². The first-order valence-corrected chi connectivity index (χ1v) is 8.36. The molecule has 2 aliphatic rings. The van der Waals surface area contributed by atoms with Crippen LogP contribution in [0.1, 0.15) is 24.8 Å². The molecular weight excluding hydrogens is 340 g/mol. The predicted octanol–water partition coefficient (Wildman–Crippen LogP) is 1.98. The topological polar surface area (TPSA) is 107 Å². The van der Waals surface area contributed by atoms with Gasteiger partial charge in [-0.1, -0.05) is 12.2 Å². The van der Waals surface area contributed by atoms with Crippen molar-refractivity contribution in [3.8, 4) is 0 Å². The van der Waals surface area contributed by atoms with Crippen molar-refractivity contribution in [3.63, 3.8) is 0 Å². The smallest absolute Gasteiger partial charge is 0.307 e. The highest BCUT2D eigenvalue weighted by Gasteiger charge is 2.46. The highest BCUT2D eigenvalue weighted by atomic mass is 16.6. The number of allylic oxidation sites excluding steroid dienone is 2. The third-order valence-electron chi connectivity index (χ3n) is 4.69. The Balaban J connectivity index is 1.47. The van der Waals surface area contributed by atoms with Crippen LogP contribution in [0, 0.1) is 22.0 Å². The number of hydrogen-bond acceptors (Lipinski definition) is 6. The summed E-state index contributed by atoms with van der Waals surface area (Å²) in [6, 6.07) is 5.69. The first-order valence-electron chi connectivity index (χ1n) is 8.36. The largest absolute Gasteiger partial charge is 0.461 e. The van der Waals surface area contributed by atoms with Gasteiger partial charge in [0.2, 0.25) is 11.8 Å². The van der Waals surface area contributed by atoms with Crippen LogP contribution in [0.5, 0.6) is 0 Å². The molecule has 0 aromatic heterocycles. The van der Waals surface area contributed by atoms with Gasteiger partial charge in [0, 0.05) is 18.7 Å². The van der Waals surface area contributed by atoms with E-state index < -0.39 is 10.9 Å². The van der Waals surface area contributed by atoms with Crippen LogP contribution in [0.15, 0.2) is 36.4 Å². The van der Waals surface area contributed by atoms with E-state index in [1.54, 1.807) is 0 Å². The Hall–Kier alpha value is -3.03. The molecule has 1 aromatic carbocycles. The van der Waals surface area contributed by atoms with E-state index in [4.69, 9.17) is 4.74 Å². The summed E-state index contributed by atoms with van der Waals surface area (Å²) in [7, 11) is 0. The van der Waals surface area contributed by atoms with Crippen molar-refractivity contribution >= 4 is 23.5 Å². The van der Waals surface area contributed by atoms with Gasteiger partial charge in [0.15, 0.2) is 0 Å². The average molecular weight is 358 g/mol. The Morgan fingerprint density at radius 2 is 1.69 bits per heavy atom. The van der Waals surface area contributed by atoms with Crippen LogP contribution < -0.4 is 0 Å². The van der Waals surface area contributed by atoms with Crippen molar-refractivity contribution in [3.05, 3.63) is 52.1 Å². The number of likely N-dealkylation sites (tertiary alicyclic amines) is 1. The van der Waals surface area contributed by atoms with Gasteiger partial charge in [-0.2, -0.15) is 0 Å². The number of benzene rings is 1. The number of nitro benzene ring substituents is 1. The van der Waals surface area contributed by atoms with Crippen LogP contribution in [-0.2, 0) is 25.7 Å². The zero-order chi connectivity index (χ0) is 18.7. The number of hydrogen-bond donors (Lipinski definition) is 0. The van der Waals surface area contributed by atoms with E-state index in [0.29, 0.717) is 18.4 Å². The van der Waals surface area contributed by atoms with Gasteiger partial charge in [-0.25, -0.2) is 0 Å². The summed E-state index contributed by atoms with van der Waals surface area (Å²) in [5.74, 6) is -1.57. The fourth-order valence-corrected chi connectivity index (χ4v) is 3.24. The van der Waals surface area contributed by atoms with Crippen molar-refractivity contribution in [1.29, 1.82) is 0 Å². The standard InChI is InChI=1S/C18H18N2O6/c21-16(26-11-12-5-7-13(8-6-12)20(24)25)9-10-19-17(22)14-3-1-2-4-15(14)18(19)23/h1-2,5-8,14-15H,3-4,9-11H2/t14-,15-/m1/s1. The maximum atomic E-state index is 12.3. The average Bonchev–Trinajstić information content (AvgIpc) is 2.89. The van der Waals surface area contributed by atoms with Gasteiger partial charge in [-0.15, -0.1) is 0 Å². The van der Waals surface area contributed by atoms with Crippen molar-refractivity contribution in [1.82, 2.24) is 4.90 Å². The van der Waals surface area contributed by atoms with E-state index in [1.807, 2.05) is 12.2 Å². The number of carbonyl (C=O) groups excluding carboxylic acids is 3. The summed E-state index contributed by atoms with van der Waals surface area (Å²) < 4.78 is 5.11. The van der Waals surface area contributed by atoms with E-state index in [1.165, 1.54) is 24.3 Å². The van der Waals surface area contributed by atoms with Crippen LogP contribution in [0.3, 0.4) is 0 Å². The predicted molar refractivity (Wildman–Crippen MR) is 89.6 cm³/mol. The molecule has 8 heteroatoms. The van der Waals surface area contributed by atoms with Crippen LogP contribution in [0.2, 0.25) is 0 Å². The van der Waals surface area contributed by atoms with Crippen molar-refractivity contribution < 1.29 is 24.0 Å². The number of nitro groups is 1. The van der Waals surface area contributed by atoms with Crippen LogP contribution >= 0.6 is 0 Å². The lowest BCUT2D eigenvalue weighted by Crippen LogP contribution is -2.33. The van der Waals surface area contributed by atoms with Gasteiger partial charge in [0.1, 0.15) is 6.61 Å². The Kier molecular flexibility index (Phi) is 5.11.